The Morgan fingerprint density at radius 3 is 2.64 bits per heavy atom. The van der Waals surface area contributed by atoms with E-state index >= 15 is 0 Å². The van der Waals surface area contributed by atoms with Crippen LogP contribution in [0.3, 0.4) is 0 Å². The van der Waals surface area contributed by atoms with Crippen LogP contribution in [0.1, 0.15) is 21.6 Å². The quantitative estimate of drug-likeness (QED) is 0.580. The average molecular weight is 326 g/mol. The highest BCUT2D eigenvalue weighted by molar-refractivity contribution is 7.98. The molecule has 110 valence electrons. The smallest absolute Gasteiger partial charge is 0.191 e. The number of anilines is 1. The SMILES string of the molecule is Cc1sc2nc(SCc3ccc(C#N)cc3)nc(N)c2c1C. The van der Waals surface area contributed by atoms with Crippen molar-refractivity contribution in [3.63, 3.8) is 0 Å². The zero-order valence-corrected chi connectivity index (χ0v) is 13.9. The van der Waals surface area contributed by atoms with Crippen LogP contribution in [0.2, 0.25) is 0 Å². The second kappa shape index (κ2) is 5.95. The molecule has 0 aliphatic rings. The van der Waals surface area contributed by atoms with Crippen LogP contribution in [-0.2, 0) is 5.75 Å². The number of aryl methyl sites for hydroxylation is 2. The van der Waals surface area contributed by atoms with E-state index < -0.39 is 0 Å². The van der Waals surface area contributed by atoms with E-state index in [1.165, 1.54) is 10.4 Å². The lowest BCUT2D eigenvalue weighted by Crippen LogP contribution is -1.96. The van der Waals surface area contributed by atoms with Crippen LogP contribution in [0.5, 0.6) is 0 Å². The van der Waals surface area contributed by atoms with Crippen molar-refractivity contribution in [3.8, 4) is 6.07 Å². The summed E-state index contributed by atoms with van der Waals surface area (Å²) in [5.41, 5.74) is 9.05. The van der Waals surface area contributed by atoms with E-state index in [0.29, 0.717) is 16.5 Å². The topological polar surface area (TPSA) is 75.6 Å². The molecule has 4 nitrogen and oxygen atoms in total. The van der Waals surface area contributed by atoms with Gasteiger partial charge in [0.1, 0.15) is 10.6 Å². The van der Waals surface area contributed by atoms with Crippen LogP contribution in [0, 0.1) is 25.2 Å². The van der Waals surface area contributed by atoms with Gasteiger partial charge in [0.25, 0.3) is 0 Å². The Kier molecular flexibility index (Phi) is 4.01. The molecular formula is C16H14N4S2. The van der Waals surface area contributed by atoms with Gasteiger partial charge in [-0.15, -0.1) is 11.3 Å². The van der Waals surface area contributed by atoms with Crippen molar-refractivity contribution < 1.29 is 0 Å². The van der Waals surface area contributed by atoms with Crippen molar-refractivity contribution in [2.45, 2.75) is 24.8 Å². The number of rotatable bonds is 3. The monoisotopic (exact) mass is 326 g/mol. The molecule has 2 heterocycles. The number of benzene rings is 1. The molecule has 0 atom stereocenters. The summed E-state index contributed by atoms with van der Waals surface area (Å²) in [4.78, 5) is 11.2. The van der Waals surface area contributed by atoms with Gasteiger partial charge in [-0.25, -0.2) is 9.97 Å². The molecule has 1 aromatic carbocycles. The number of hydrogen-bond acceptors (Lipinski definition) is 6. The first-order valence-corrected chi connectivity index (χ1v) is 8.53. The molecule has 6 heteroatoms. The van der Waals surface area contributed by atoms with Crippen LogP contribution in [0.4, 0.5) is 5.82 Å². The Balaban J connectivity index is 1.83. The predicted octanol–water partition coefficient (Wildman–Crippen LogP) is 4.05. The minimum Gasteiger partial charge on any atom is -0.383 e. The van der Waals surface area contributed by atoms with E-state index in [9.17, 15) is 0 Å². The lowest BCUT2D eigenvalue weighted by atomic mass is 10.2. The van der Waals surface area contributed by atoms with Gasteiger partial charge in [-0.3, -0.25) is 0 Å². The van der Waals surface area contributed by atoms with Gasteiger partial charge in [0, 0.05) is 10.6 Å². The molecule has 0 bridgehead atoms. The number of nitrogens with two attached hydrogens (primary N) is 1. The predicted molar refractivity (Wildman–Crippen MR) is 92.0 cm³/mol. The van der Waals surface area contributed by atoms with Gasteiger partial charge in [-0.1, -0.05) is 23.9 Å². The Morgan fingerprint density at radius 2 is 1.95 bits per heavy atom. The Bertz CT molecular complexity index is 876. The van der Waals surface area contributed by atoms with E-state index in [-0.39, 0.29) is 0 Å². The number of thioether (sulfide) groups is 1. The first kappa shape index (κ1) is 14.8. The molecule has 0 spiro atoms. The highest BCUT2D eigenvalue weighted by Gasteiger charge is 2.12. The van der Waals surface area contributed by atoms with E-state index in [1.54, 1.807) is 23.1 Å². The summed E-state index contributed by atoms with van der Waals surface area (Å²) in [5, 5.41) is 10.5. The summed E-state index contributed by atoms with van der Waals surface area (Å²) in [7, 11) is 0. The fourth-order valence-corrected chi connectivity index (χ4v) is 4.05. The summed E-state index contributed by atoms with van der Waals surface area (Å²) in [6, 6.07) is 9.66. The number of thiophene rings is 1. The molecule has 0 aliphatic heterocycles. The van der Waals surface area contributed by atoms with Crippen LogP contribution < -0.4 is 5.73 Å². The Morgan fingerprint density at radius 1 is 1.23 bits per heavy atom. The van der Waals surface area contributed by atoms with Gasteiger partial charge < -0.3 is 5.73 Å². The van der Waals surface area contributed by atoms with Gasteiger partial charge in [-0.2, -0.15) is 5.26 Å². The van der Waals surface area contributed by atoms with Crippen LogP contribution >= 0.6 is 23.1 Å². The minimum atomic E-state index is 0.550. The molecule has 2 N–H and O–H groups in total. The maximum absolute atomic E-state index is 8.80. The van der Waals surface area contributed by atoms with Crippen molar-refractivity contribution in [1.82, 2.24) is 9.97 Å². The number of hydrogen-bond donors (Lipinski definition) is 1. The standard InChI is InChI=1S/C16H14N4S2/c1-9-10(2)22-15-13(9)14(18)19-16(20-15)21-8-12-5-3-11(7-17)4-6-12/h3-6H,8H2,1-2H3,(H2,18,19,20). The van der Waals surface area contributed by atoms with Gasteiger partial charge in [0.2, 0.25) is 0 Å². The molecule has 0 amide bonds. The van der Waals surface area contributed by atoms with Gasteiger partial charge in [0.05, 0.1) is 17.0 Å². The summed E-state index contributed by atoms with van der Waals surface area (Å²) in [5.74, 6) is 1.30. The second-order valence-corrected chi connectivity index (χ2v) is 7.10. The van der Waals surface area contributed by atoms with Crippen molar-refractivity contribution in [3.05, 3.63) is 45.8 Å². The molecular weight excluding hydrogens is 312 g/mol. The number of nitriles is 1. The molecule has 0 saturated carbocycles. The summed E-state index contributed by atoms with van der Waals surface area (Å²) < 4.78 is 0. The molecule has 2 aromatic heterocycles. The lowest BCUT2D eigenvalue weighted by molar-refractivity contribution is 1.02. The number of fused-ring (bicyclic) bond motifs is 1. The molecule has 0 radical (unpaired) electrons. The molecule has 0 aliphatic carbocycles. The Hall–Kier alpha value is -2.10. The summed E-state index contributed by atoms with van der Waals surface area (Å²) in [6.45, 7) is 4.13. The van der Waals surface area contributed by atoms with Crippen molar-refractivity contribution in [2.24, 2.45) is 0 Å². The fourth-order valence-electron chi connectivity index (χ4n) is 2.15. The van der Waals surface area contributed by atoms with E-state index in [0.717, 1.165) is 21.5 Å². The van der Waals surface area contributed by atoms with Crippen LogP contribution in [0.15, 0.2) is 29.4 Å². The maximum Gasteiger partial charge on any atom is 0.191 e. The van der Waals surface area contributed by atoms with Gasteiger partial charge in [0.15, 0.2) is 5.16 Å². The Labute approximate surface area is 137 Å². The minimum absolute atomic E-state index is 0.550. The summed E-state index contributed by atoms with van der Waals surface area (Å²) in [6.07, 6.45) is 0. The fraction of sp³-hybridized carbons (Fsp3) is 0.188. The third-order valence-corrected chi connectivity index (χ3v) is 5.51. The number of nitrogen functional groups attached to an aromatic ring is 1. The molecule has 0 unspecified atom stereocenters. The zero-order chi connectivity index (χ0) is 15.7. The van der Waals surface area contributed by atoms with Crippen LogP contribution in [0.25, 0.3) is 10.2 Å². The highest BCUT2D eigenvalue weighted by Crippen LogP contribution is 2.33. The van der Waals surface area contributed by atoms with Crippen molar-refractivity contribution >= 4 is 39.1 Å². The highest BCUT2D eigenvalue weighted by atomic mass is 32.2. The maximum atomic E-state index is 8.80. The first-order valence-electron chi connectivity index (χ1n) is 6.73. The summed E-state index contributed by atoms with van der Waals surface area (Å²) >= 11 is 3.21. The molecule has 22 heavy (non-hydrogen) atoms. The lowest BCUT2D eigenvalue weighted by Gasteiger charge is -2.03. The van der Waals surface area contributed by atoms with Gasteiger partial charge >= 0.3 is 0 Å². The second-order valence-electron chi connectivity index (χ2n) is 4.95. The first-order chi connectivity index (χ1) is 10.6. The third-order valence-electron chi connectivity index (χ3n) is 3.49. The average Bonchev–Trinajstić information content (AvgIpc) is 2.81. The van der Waals surface area contributed by atoms with Crippen molar-refractivity contribution in [2.75, 3.05) is 5.73 Å². The number of nitrogens with zero attached hydrogens (tertiary/aromatic N) is 3. The molecule has 3 rings (SSSR count). The van der Waals surface area contributed by atoms with Gasteiger partial charge in [-0.05, 0) is 37.1 Å². The zero-order valence-electron chi connectivity index (χ0n) is 12.3. The van der Waals surface area contributed by atoms with E-state index in [4.69, 9.17) is 11.0 Å². The van der Waals surface area contributed by atoms with E-state index in [1.807, 2.05) is 24.3 Å². The van der Waals surface area contributed by atoms with E-state index in [2.05, 4.69) is 29.9 Å². The number of aromatic nitrogens is 2. The molecule has 0 fully saturated rings. The normalized spacial score (nSPS) is 10.8. The van der Waals surface area contributed by atoms with Crippen LogP contribution in [-0.4, -0.2) is 9.97 Å². The van der Waals surface area contributed by atoms with Crippen molar-refractivity contribution in [1.29, 1.82) is 5.26 Å². The molecule has 0 saturated heterocycles. The third kappa shape index (κ3) is 2.78. The molecule has 3 aromatic rings. The largest absolute Gasteiger partial charge is 0.383 e.